The molecule has 1 aromatic carbocycles. The van der Waals surface area contributed by atoms with Gasteiger partial charge < -0.3 is 9.80 Å². The van der Waals surface area contributed by atoms with Gasteiger partial charge in [-0.1, -0.05) is 12.1 Å². The zero-order chi connectivity index (χ0) is 19.9. The molecule has 0 aliphatic rings. The summed E-state index contributed by atoms with van der Waals surface area (Å²) in [6.45, 7) is 11.7. The van der Waals surface area contributed by atoms with E-state index in [9.17, 15) is 14.0 Å². The Morgan fingerprint density at radius 3 is 2.12 bits per heavy atom. The van der Waals surface area contributed by atoms with Gasteiger partial charge in [-0.25, -0.2) is 4.39 Å². The molecule has 0 aliphatic heterocycles. The zero-order valence-corrected chi connectivity index (χ0v) is 16.9. The van der Waals surface area contributed by atoms with E-state index in [-0.39, 0.29) is 30.7 Å². The molecule has 6 heteroatoms. The Kier molecular flexibility index (Phi) is 8.21. The van der Waals surface area contributed by atoms with Crippen LogP contribution in [0.5, 0.6) is 0 Å². The van der Waals surface area contributed by atoms with E-state index in [1.165, 1.54) is 12.1 Å². The van der Waals surface area contributed by atoms with E-state index in [1.807, 2.05) is 40.7 Å². The number of likely N-dealkylation sites (N-methyl/N-ethyl adjacent to an activating group) is 2. The number of carbonyl (C=O) groups excluding carboxylic acids is 2. The zero-order valence-electron chi connectivity index (χ0n) is 16.9. The Morgan fingerprint density at radius 2 is 1.62 bits per heavy atom. The van der Waals surface area contributed by atoms with E-state index in [4.69, 9.17) is 0 Å². The van der Waals surface area contributed by atoms with Crippen molar-refractivity contribution in [3.8, 4) is 0 Å². The van der Waals surface area contributed by atoms with E-state index in [1.54, 1.807) is 27.8 Å². The maximum atomic E-state index is 13.5. The lowest BCUT2D eigenvalue weighted by Crippen LogP contribution is -2.50. The lowest BCUT2D eigenvalue weighted by molar-refractivity contribution is -0.139. The summed E-state index contributed by atoms with van der Waals surface area (Å²) in [4.78, 5) is 30.3. The van der Waals surface area contributed by atoms with Crippen molar-refractivity contribution in [1.29, 1.82) is 0 Å². The number of carbonyl (C=O) groups is 2. The molecule has 0 N–H and O–H groups in total. The molecule has 0 radical (unpaired) electrons. The van der Waals surface area contributed by atoms with E-state index in [0.29, 0.717) is 19.6 Å². The van der Waals surface area contributed by atoms with Gasteiger partial charge in [0.1, 0.15) is 5.82 Å². The highest BCUT2D eigenvalue weighted by Gasteiger charge is 2.27. The standard InChI is InChI=1S/C20H32FN3O2/c1-7-23(8-2)18(25)14-22(6)15-19(26)24(20(3,4)5)13-16-10-9-11-17(21)12-16/h9-12H,7-8,13-15H2,1-6H3. The average molecular weight is 365 g/mol. The molecule has 5 nitrogen and oxygen atoms in total. The molecule has 146 valence electrons. The van der Waals surface area contributed by atoms with Crippen LogP contribution in [-0.2, 0) is 16.1 Å². The van der Waals surface area contributed by atoms with E-state index in [0.717, 1.165) is 5.56 Å². The number of nitrogens with zero attached hydrogens (tertiary/aromatic N) is 3. The van der Waals surface area contributed by atoms with Crippen LogP contribution in [0.3, 0.4) is 0 Å². The predicted molar refractivity (Wildman–Crippen MR) is 102 cm³/mol. The molecule has 1 aromatic rings. The first kappa shape index (κ1) is 22.1. The van der Waals surface area contributed by atoms with Gasteiger partial charge in [0.15, 0.2) is 0 Å². The first-order valence-corrected chi connectivity index (χ1v) is 9.09. The lowest BCUT2D eigenvalue weighted by Gasteiger charge is -2.37. The topological polar surface area (TPSA) is 43.9 Å². The molecule has 1 rings (SSSR count). The summed E-state index contributed by atoms with van der Waals surface area (Å²) in [6.07, 6.45) is 0. The summed E-state index contributed by atoms with van der Waals surface area (Å²) in [5.74, 6) is -0.389. The van der Waals surface area contributed by atoms with Crippen LogP contribution >= 0.6 is 0 Å². The fourth-order valence-corrected chi connectivity index (χ4v) is 2.80. The Morgan fingerprint density at radius 1 is 1.04 bits per heavy atom. The fraction of sp³-hybridized carbons (Fsp3) is 0.600. The van der Waals surface area contributed by atoms with Crippen LogP contribution in [0.15, 0.2) is 24.3 Å². The van der Waals surface area contributed by atoms with Crippen molar-refractivity contribution in [1.82, 2.24) is 14.7 Å². The highest BCUT2D eigenvalue weighted by atomic mass is 19.1. The Bertz CT molecular complexity index is 609. The summed E-state index contributed by atoms with van der Waals surface area (Å²) >= 11 is 0. The number of halogens is 1. The molecule has 0 bridgehead atoms. The summed E-state index contributed by atoms with van der Waals surface area (Å²) in [5.41, 5.74) is 0.336. The molecule has 2 amide bonds. The molecular weight excluding hydrogens is 333 g/mol. The van der Waals surface area contributed by atoms with E-state index in [2.05, 4.69) is 0 Å². The average Bonchev–Trinajstić information content (AvgIpc) is 2.52. The van der Waals surface area contributed by atoms with Gasteiger partial charge in [-0.3, -0.25) is 14.5 Å². The second-order valence-electron chi connectivity index (χ2n) is 7.52. The van der Waals surface area contributed by atoms with Gasteiger partial charge >= 0.3 is 0 Å². The molecule has 0 heterocycles. The molecule has 0 unspecified atom stereocenters. The Labute approximate surface area is 156 Å². The molecule has 0 aromatic heterocycles. The van der Waals surface area contributed by atoms with Crippen LogP contribution in [0.2, 0.25) is 0 Å². The van der Waals surface area contributed by atoms with Crippen molar-refractivity contribution in [2.45, 2.75) is 46.7 Å². The van der Waals surface area contributed by atoms with Crippen molar-refractivity contribution < 1.29 is 14.0 Å². The predicted octanol–water partition coefficient (Wildman–Crippen LogP) is 2.75. The van der Waals surface area contributed by atoms with Crippen molar-refractivity contribution in [3.05, 3.63) is 35.6 Å². The minimum absolute atomic E-state index is 0.0118. The quantitative estimate of drug-likeness (QED) is 0.711. The lowest BCUT2D eigenvalue weighted by atomic mass is 10.0. The highest BCUT2D eigenvalue weighted by Crippen LogP contribution is 2.18. The SMILES string of the molecule is CCN(CC)C(=O)CN(C)CC(=O)N(Cc1cccc(F)c1)C(C)(C)C. The van der Waals surface area contributed by atoms with Crippen molar-refractivity contribution in [2.75, 3.05) is 33.2 Å². The van der Waals surface area contributed by atoms with Crippen LogP contribution in [0.1, 0.15) is 40.2 Å². The molecule has 26 heavy (non-hydrogen) atoms. The monoisotopic (exact) mass is 365 g/mol. The summed E-state index contributed by atoms with van der Waals surface area (Å²) < 4.78 is 13.5. The number of hydrogen-bond acceptors (Lipinski definition) is 3. The molecule has 0 atom stereocenters. The third-order valence-corrected chi connectivity index (χ3v) is 4.27. The molecule has 0 spiro atoms. The molecule has 0 fully saturated rings. The van der Waals surface area contributed by atoms with Crippen LogP contribution in [0.4, 0.5) is 4.39 Å². The van der Waals surface area contributed by atoms with Gasteiger partial charge in [0.2, 0.25) is 11.8 Å². The number of benzene rings is 1. The van der Waals surface area contributed by atoms with Crippen LogP contribution in [-0.4, -0.2) is 65.3 Å². The minimum atomic E-state index is -0.410. The van der Waals surface area contributed by atoms with Crippen molar-refractivity contribution in [3.63, 3.8) is 0 Å². The molecular formula is C20H32FN3O2. The van der Waals surface area contributed by atoms with Gasteiger partial charge in [0.05, 0.1) is 13.1 Å². The largest absolute Gasteiger partial charge is 0.342 e. The van der Waals surface area contributed by atoms with Crippen molar-refractivity contribution in [2.24, 2.45) is 0 Å². The number of hydrogen-bond donors (Lipinski definition) is 0. The van der Waals surface area contributed by atoms with E-state index < -0.39 is 5.54 Å². The van der Waals surface area contributed by atoms with Crippen LogP contribution < -0.4 is 0 Å². The normalized spacial score (nSPS) is 11.5. The Hall–Kier alpha value is -1.95. The molecule has 0 saturated carbocycles. The third kappa shape index (κ3) is 6.75. The number of rotatable bonds is 8. The Balaban J connectivity index is 2.79. The minimum Gasteiger partial charge on any atom is -0.342 e. The van der Waals surface area contributed by atoms with E-state index >= 15 is 0 Å². The summed E-state index contributed by atoms with van der Waals surface area (Å²) in [6, 6.07) is 6.28. The van der Waals surface area contributed by atoms with Crippen molar-refractivity contribution >= 4 is 11.8 Å². The molecule has 0 saturated heterocycles. The smallest absolute Gasteiger partial charge is 0.237 e. The van der Waals surface area contributed by atoms with Crippen LogP contribution in [0, 0.1) is 5.82 Å². The van der Waals surface area contributed by atoms with Gasteiger partial charge in [-0.05, 0) is 59.4 Å². The highest BCUT2D eigenvalue weighted by molar-refractivity contribution is 5.81. The maximum absolute atomic E-state index is 13.5. The van der Waals surface area contributed by atoms with Crippen LogP contribution in [0.25, 0.3) is 0 Å². The second-order valence-corrected chi connectivity index (χ2v) is 7.52. The molecule has 0 aliphatic carbocycles. The number of amides is 2. The van der Waals surface area contributed by atoms with Gasteiger partial charge in [0.25, 0.3) is 0 Å². The summed E-state index contributed by atoms with van der Waals surface area (Å²) in [5, 5.41) is 0. The van der Waals surface area contributed by atoms with Gasteiger partial charge in [0, 0.05) is 25.2 Å². The van der Waals surface area contributed by atoms with Gasteiger partial charge in [-0.15, -0.1) is 0 Å². The summed E-state index contributed by atoms with van der Waals surface area (Å²) in [7, 11) is 1.77. The van der Waals surface area contributed by atoms with Gasteiger partial charge in [-0.2, -0.15) is 0 Å². The first-order valence-electron chi connectivity index (χ1n) is 9.09. The third-order valence-electron chi connectivity index (χ3n) is 4.27. The second kappa shape index (κ2) is 9.67. The maximum Gasteiger partial charge on any atom is 0.237 e. The fourth-order valence-electron chi connectivity index (χ4n) is 2.80. The first-order chi connectivity index (χ1) is 12.1.